The van der Waals surface area contributed by atoms with Crippen LogP contribution in [-0.4, -0.2) is 9.61 Å². The normalized spacial score (nSPS) is 11.2. The molecular weight excluding hydrogens is 508 g/mol. The second-order valence-electron chi connectivity index (χ2n) is 7.07. The third-order valence-corrected chi connectivity index (χ3v) is 5.14. The third-order valence-electron chi connectivity index (χ3n) is 5.14. The first-order valence-electron chi connectivity index (χ1n) is 8.92. The van der Waals surface area contributed by atoms with E-state index in [1.165, 1.54) is 38.4 Å². The van der Waals surface area contributed by atoms with E-state index < -0.39 is 0 Å². The van der Waals surface area contributed by atoms with Crippen LogP contribution in [0, 0.1) is 26.8 Å². The summed E-state index contributed by atoms with van der Waals surface area (Å²) in [5.41, 5.74) is 8.30. The predicted octanol–water partition coefficient (Wildman–Crippen LogP) is 6.03. The van der Waals surface area contributed by atoms with E-state index in [4.69, 9.17) is 5.10 Å². The van der Waals surface area contributed by atoms with Crippen LogP contribution in [-0.2, 0) is 20.1 Å². The minimum absolute atomic E-state index is 0. The molecule has 0 aliphatic rings. The Labute approximate surface area is 172 Å². The molecule has 0 amide bonds. The molecular formula is C24H19IrN2-. The molecule has 0 fully saturated rings. The molecule has 0 unspecified atom stereocenters. The van der Waals surface area contributed by atoms with Crippen molar-refractivity contribution < 1.29 is 20.1 Å². The van der Waals surface area contributed by atoms with Crippen molar-refractivity contribution in [3.05, 3.63) is 83.6 Å². The first-order valence-corrected chi connectivity index (χ1v) is 8.92. The summed E-state index contributed by atoms with van der Waals surface area (Å²) >= 11 is 0. The monoisotopic (exact) mass is 528 g/mol. The fourth-order valence-corrected chi connectivity index (χ4v) is 4.03. The van der Waals surface area contributed by atoms with E-state index in [2.05, 4.69) is 81.4 Å². The second kappa shape index (κ2) is 6.60. The van der Waals surface area contributed by atoms with Crippen LogP contribution < -0.4 is 0 Å². The summed E-state index contributed by atoms with van der Waals surface area (Å²) in [5, 5.41) is 8.48. The van der Waals surface area contributed by atoms with Crippen molar-refractivity contribution in [2.24, 2.45) is 0 Å². The summed E-state index contributed by atoms with van der Waals surface area (Å²) in [6.07, 6.45) is 0. The topological polar surface area (TPSA) is 17.3 Å². The van der Waals surface area contributed by atoms with Gasteiger partial charge in [-0.1, -0.05) is 47.3 Å². The third kappa shape index (κ3) is 2.70. The van der Waals surface area contributed by atoms with Gasteiger partial charge in [-0.15, -0.1) is 5.39 Å². The molecule has 2 heterocycles. The van der Waals surface area contributed by atoms with Gasteiger partial charge >= 0.3 is 0 Å². The summed E-state index contributed by atoms with van der Waals surface area (Å²) in [6.45, 7) is 6.40. The van der Waals surface area contributed by atoms with Crippen molar-refractivity contribution in [3.63, 3.8) is 0 Å². The number of benzene rings is 3. The number of aryl methyl sites for hydroxylation is 3. The number of para-hydroxylation sites is 1. The summed E-state index contributed by atoms with van der Waals surface area (Å²) in [7, 11) is 0. The molecule has 2 aromatic heterocycles. The van der Waals surface area contributed by atoms with Gasteiger partial charge in [-0.3, -0.25) is 4.52 Å². The molecule has 3 heteroatoms. The maximum Gasteiger partial charge on any atom is 0.0720 e. The van der Waals surface area contributed by atoms with E-state index >= 15 is 0 Å². The van der Waals surface area contributed by atoms with E-state index in [1.54, 1.807) is 0 Å². The van der Waals surface area contributed by atoms with Gasteiger partial charge in [-0.25, -0.2) is 0 Å². The van der Waals surface area contributed by atoms with Crippen molar-refractivity contribution in [1.82, 2.24) is 9.61 Å². The molecule has 0 aliphatic heterocycles. The van der Waals surface area contributed by atoms with Gasteiger partial charge in [0.05, 0.1) is 11.2 Å². The van der Waals surface area contributed by atoms with Crippen LogP contribution in [0.4, 0.5) is 0 Å². The maximum atomic E-state index is 4.76. The van der Waals surface area contributed by atoms with E-state index in [0.29, 0.717) is 0 Å². The molecule has 0 N–H and O–H groups in total. The maximum absolute atomic E-state index is 4.76. The number of hydrogen-bond donors (Lipinski definition) is 0. The summed E-state index contributed by atoms with van der Waals surface area (Å²) in [5.74, 6) is 0. The fraction of sp³-hybridized carbons (Fsp3) is 0.125. The molecule has 0 saturated heterocycles. The molecule has 0 bridgehead atoms. The Hall–Kier alpha value is -2.48. The van der Waals surface area contributed by atoms with Gasteiger partial charge < -0.3 is 0 Å². The molecule has 5 rings (SSSR count). The number of hydrogen-bond acceptors (Lipinski definition) is 1. The SMILES string of the molecule is Cc1cc(-c2ccccc2C)c2c(c1)c1ccc[c-]c1n1nc(C)cc21.[Ir]. The van der Waals surface area contributed by atoms with Crippen molar-refractivity contribution in [2.45, 2.75) is 20.8 Å². The molecule has 27 heavy (non-hydrogen) atoms. The van der Waals surface area contributed by atoms with E-state index in [1.807, 2.05) is 10.6 Å². The minimum atomic E-state index is 0. The number of pyridine rings is 1. The zero-order chi connectivity index (χ0) is 17.8. The van der Waals surface area contributed by atoms with Crippen LogP contribution in [0.25, 0.3) is 38.3 Å². The Morgan fingerprint density at radius 3 is 2.48 bits per heavy atom. The number of aromatic nitrogens is 2. The molecule has 0 spiro atoms. The van der Waals surface area contributed by atoms with Crippen LogP contribution >= 0.6 is 0 Å². The molecule has 135 valence electrons. The van der Waals surface area contributed by atoms with Crippen molar-refractivity contribution >= 4 is 27.2 Å². The Bertz CT molecular complexity index is 1310. The minimum Gasteiger partial charge on any atom is -0.257 e. The Morgan fingerprint density at radius 2 is 1.67 bits per heavy atom. The Morgan fingerprint density at radius 1 is 0.852 bits per heavy atom. The Kier molecular flexibility index (Phi) is 4.38. The van der Waals surface area contributed by atoms with E-state index in [9.17, 15) is 0 Å². The summed E-state index contributed by atoms with van der Waals surface area (Å²) < 4.78 is 2.05. The van der Waals surface area contributed by atoms with Crippen molar-refractivity contribution in [2.75, 3.05) is 0 Å². The van der Waals surface area contributed by atoms with Crippen LogP contribution in [0.3, 0.4) is 0 Å². The average Bonchev–Trinajstić information content (AvgIpc) is 3.03. The van der Waals surface area contributed by atoms with Gasteiger partial charge in [0.2, 0.25) is 0 Å². The first-order chi connectivity index (χ1) is 12.6. The molecule has 1 radical (unpaired) electrons. The summed E-state index contributed by atoms with van der Waals surface area (Å²) in [6, 6.07) is 24.9. The molecule has 5 aromatic rings. The van der Waals surface area contributed by atoms with Gasteiger partial charge in [0, 0.05) is 25.5 Å². The molecule has 3 aromatic carbocycles. The van der Waals surface area contributed by atoms with Crippen LogP contribution in [0.1, 0.15) is 16.8 Å². The van der Waals surface area contributed by atoms with Crippen LogP contribution in [0.5, 0.6) is 0 Å². The van der Waals surface area contributed by atoms with Crippen LogP contribution in [0.2, 0.25) is 0 Å². The zero-order valence-corrected chi connectivity index (χ0v) is 17.9. The average molecular weight is 528 g/mol. The number of fused-ring (bicyclic) bond motifs is 6. The van der Waals surface area contributed by atoms with E-state index in [0.717, 1.165) is 16.7 Å². The largest absolute Gasteiger partial charge is 0.257 e. The number of nitrogens with zero attached hydrogens (tertiary/aromatic N) is 2. The molecule has 2 nitrogen and oxygen atoms in total. The molecule has 0 aliphatic carbocycles. The van der Waals surface area contributed by atoms with Gasteiger partial charge in [-0.05, 0) is 49.0 Å². The quantitative estimate of drug-likeness (QED) is 0.192. The molecule has 0 atom stereocenters. The second-order valence-corrected chi connectivity index (χ2v) is 7.07. The van der Waals surface area contributed by atoms with Crippen molar-refractivity contribution in [3.8, 4) is 11.1 Å². The fourth-order valence-electron chi connectivity index (χ4n) is 4.03. The van der Waals surface area contributed by atoms with Gasteiger partial charge in [0.25, 0.3) is 0 Å². The number of rotatable bonds is 1. The standard InChI is InChI=1S/C24H19N2.Ir/c1-15-12-20(18-9-5-4-8-16(18)2)24-21(13-15)19-10-6-7-11-22(19)26-23(24)14-17(3)25-26;/h4-10,12-14H,1-3H3;/q-1;. The van der Waals surface area contributed by atoms with Crippen LogP contribution in [0.15, 0.2) is 60.7 Å². The molecule has 0 saturated carbocycles. The predicted molar refractivity (Wildman–Crippen MR) is 109 cm³/mol. The first kappa shape index (κ1) is 17.9. The Balaban J connectivity index is 0.00000180. The van der Waals surface area contributed by atoms with Gasteiger partial charge in [0.15, 0.2) is 0 Å². The smallest absolute Gasteiger partial charge is 0.0720 e. The van der Waals surface area contributed by atoms with Gasteiger partial charge in [0.1, 0.15) is 0 Å². The zero-order valence-electron chi connectivity index (χ0n) is 15.5. The van der Waals surface area contributed by atoms with Gasteiger partial charge in [-0.2, -0.15) is 29.4 Å². The van der Waals surface area contributed by atoms with E-state index in [-0.39, 0.29) is 20.1 Å². The van der Waals surface area contributed by atoms with Crippen molar-refractivity contribution in [1.29, 1.82) is 0 Å². The summed E-state index contributed by atoms with van der Waals surface area (Å²) in [4.78, 5) is 0.